The molecule has 29 heavy (non-hydrogen) atoms. The highest BCUT2D eigenvalue weighted by molar-refractivity contribution is 8.18. The second-order valence-corrected chi connectivity index (χ2v) is 7.47. The van der Waals surface area contributed by atoms with E-state index in [-0.39, 0.29) is 29.9 Å². The zero-order valence-corrected chi connectivity index (χ0v) is 16.7. The molecule has 0 spiro atoms. The lowest BCUT2D eigenvalue weighted by atomic mass is 10.1. The number of thioether (sulfide) groups is 1. The molecule has 1 heterocycles. The Hall–Kier alpha value is -3.03. The first-order valence-corrected chi connectivity index (χ1v) is 9.69. The number of halogens is 1. The molecule has 1 fully saturated rings. The van der Waals surface area contributed by atoms with Crippen LogP contribution < -0.4 is 4.74 Å². The summed E-state index contributed by atoms with van der Waals surface area (Å²) in [5, 5.41) is 9.04. The zero-order valence-electron chi connectivity index (χ0n) is 15.1. The number of carboxylic acids is 1. The largest absolute Gasteiger partial charge is 0.487 e. The summed E-state index contributed by atoms with van der Waals surface area (Å²) in [5.74, 6) is -0.953. The van der Waals surface area contributed by atoms with Gasteiger partial charge in [-0.15, -0.1) is 6.58 Å². The van der Waals surface area contributed by atoms with Gasteiger partial charge < -0.3 is 9.84 Å². The molecule has 2 aromatic carbocycles. The van der Waals surface area contributed by atoms with Gasteiger partial charge in [-0.2, -0.15) is 0 Å². The van der Waals surface area contributed by atoms with E-state index in [2.05, 4.69) is 6.58 Å². The molecule has 0 bridgehead atoms. The topological polar surface area (TPSA) is 83.9 Å². The Balaban J connectivity index is 1.71. The number of ether oxygens (including phenoxy) is 1. The van der Waals surface area contributed by atoms with Crippen molar-refractivity contribution in [1.29, 1.82) is 0 Å². The third-order valence-electron chi connectivity index (χ3n) is 4.01. The molecule has 2 aromatic rings. The molecule has 8 heteroatoms. The van der Waals surface area contributed by atoms with E-state index < -0.39 is 5.97 Å². The molecule has 0 aromatic heterocycles. The number of benzene rings is 2. The number of carbonyl (C=O) groups is 3. The summed E-state index contributed by atoms with van der Waals surface area (Å²) < 4.78 is 5.68. The summed E-state index contributed by atoms with van der Waals surface area (Å²) in [5.41, 5.74) is 1.53. The van der Waals surface area contributed by atoms with Crippen molar-refractivity contribution < 1.29 is 24.2 Å². The highest BCUT2D eigenvalue weighted by Crippen LogP contribution is 2.33. The number of nitrogens with zero attached hydrogens (tertiary/aromatic N) is 1. The van der Waals surface area contributed by atoms with Gasteiger partial charge in [0, 0.05) is 6.54 Å². The van der Waals surface area contributed by atoms with Crippen molar-refractivity contribution in [3.63, 3.8) is 0 Å². The first-order chi connectivity index (χ1) is 13.9. The molecule has 6 nitrogen and oxygen atoms in total. The number of hydrogen-bond acceptors (Lipinski definition) is 5. The predicted molar refractivity (Wildman–Crippen MR) is 112 cm³/mol. The third kappa shape index (κ3) is 4.88. The molecule has 0 aliphatic carbocycles. The van der Waals surface area contributed by atoms with Crippen molar-refractivity contribution in [2.24, 2.45) is 0 Å². The van der Waals surface area contributed by atoms with Crippen LogP contribution in [0.5, 0.6) is 5.75 Å². The van der Waals surface area contributed by atoms with Gasteiger partial charge in [-0.3, -0.25) is 14.5 Å². The van der Waals surface area contributed by atoms with E-state index in [1.807, 2.05) is 0 Å². The molecule has 0 saturated carbocycles. The monoisotopic (exact) mass is 429 g/mol. The molecule has 0 unspecified atom stereocenters. The van der Waals surface area contributed by atoms with Crippen LogP contribution in [0.1, 0.15) is 21.5 Å². The lowest BCUT2D eigenvalue weighted by Crippen LogP contribution is -2.27. The number of carboxylic acid groups (broad SMARTS) is 1. The van der Waals surface area contributed by atoms with E-state index in [1.54, 1.807) is 36.4 Å². The van der Waals surface area contributed by atoms with Crippen molar-refractivity contribution in [2.75, 3.05) is 6.54 Å². The summed E-state index contributed by atoms with van der Waals surface area (Å²) in [7, 11) is 0. The smallest absolute Gasteiger partial charge is 0.335 e. The second-order valence-electron chi connectivity index (χ2n) is 6.07. The van der Waals surface area contributed by atoms with Crippen LogP contribution in [0.15, 0.2) is 60.0 Å². The average Bonchev–Trinajstić information content (AvgIpc) is 2.95. The van der Waals surface area contributed by atoms with Gasteiger partial charge in [-0.25, -0.2) is 4.79 Å². The third-order valence-corrected chi connectivity index (χ3v) is 5.21. The Bertz CT molecular complexity index is 1030. The van der Waals surface area contributed by atoms with Gasteiger partial charge in [0.2, 0.25) is 0 Å². The summed E-state index contributed by atoms with van der Waals surface area (Å²) in [6, 6.07) is 11.4. The molecule has 148 valence electrons. The van der Waals surface area contributed by atoms with Crippen LogP contribution in [0.4, 0.5) is 4.79 Å². The molecule has 3 rings (SSSR count). The molecular formula is C21H16ClNO5S. The number of imide groups is 1. The molecular weight excluding hydrogens is 414 g/mol. The highest BCUT2D eigenvalue weighted by Gasteiger charge is 2.34. The number of carbonyl (C=O) groups excluding carboxylic acids is 2. The van der Waals surface area contributed by atoms with Crippen LogP contribution in [0.3, 0.4) is 0 Å². The Morgan fingerprint density at radius 2 is 2.03 bits per heavy atom. The summed E-state index contributed by atoms with van der Waals surface area (Å²) in [6.45, 7) is 3.86. The maximum absolute atomic E-state index is 12.3. The van der Waals surface area contributed by atoms with Crippen molar-refractivity contribution in [3.05, 3.63) is 81.7 Å². The Morgan fingerprint density at radius 1 is 1.24 bits per heavy atom. The predicted octanol–water partition coefficient (Wildman–Crippen LogP) is 4.84. The normalized spacial score (nSPS) is 15.1. The van der Waals surface area contributed by atoms with E-state index >= 15 is 0 Å². The van der Waals surface area contributed by atoms with Gasteiger partial charge >= 0.3 is 5.97 Å². The van der Waals surface area contributed by atoms with Gasteiger partial charge in [0.25, 0.3) is 11.1 Å². The van der Waals surface area contributed by atoms with Crippen LogP contribution in [-0.4, -0.2) is 33.7 Å². The summed E-state index contributed by atoms with van der Waals surface area (Å²) in [6.07, 6.45) is 3.09. The fraction of sp³-hybridized carbons (Fsp3) is 0.0952. The van der Waals surface area contributed by atoms with Crippen LogP contribution in [0.25, 0.3) is 6.08 Å². The fourth-order valence-corrected chi connectivity index (χ4v) is 3.71. The lowest BCUT2D eigenvalue weighted by Gasteiger charge is -2.10. The van der Waals surface area contributed by atoms with Crippen LogP contribution in [0.2, 0.25) is 5.02 Å². The van der Waals surface area contributed by atoms with Crippen molar-refractivity contribution >= 4 is 46.6 Å². The second kappa shape index (κ2) is 8.98. The number of rotatable bonds is 7. The minimum Gasteiger partial charge on any atom is -0.487 e. The standard InChI is InChI=1S/C21H16ClNO5S/c1-2-8-23-19(24)18(29-21(23)27)11-13-6-7-17(16(22)10-13)28-12-14-4-3-5-15(9-14)20(25)26/h2-7,9-11H,1,8,12H2,(H,25,26)/b18-11+. The molecule has 1 aliphatic rings. The first-order valence-electron chi connectivity index (χ1n) is 8.50. The van der Waals surface area contributed by atoms with Crippen LogP contribution in [-0.2, 0) is 11.4 Å². The lowest BCUT2D eigenvalue weighted by molar-refractivity contribution is -0.122. The van der Waals surface area contributed by atoms with E-state index in [9.17, 15) is 14.4 Å². The fourth-order valence-electron chi connectivity index (χ4n) is 2.62. The van der Waals surface area contributed by atoms with E-state index in [0.717, 1.165) is 16.7 Å². The molecule has 1 N–H and O–H groups in total. The summed E-state index contributed by atoms with van der Waals surface area (Å²) >= 11 is 7.14. The molecule has 0 atom stereocenters. The molecule has 2 amide bonds. The number of amides is 2. The van der Waals surface area contributed by atoms with Gasteiger partial charge in [-0.1, -0.05) is 35.9 Å². The minimum atomic E-state index is -1.01. The Kier molecular flexibility index (Phi) is 6.41. The van der Waals surface area contributed by atoms with Crippen molar-refractivity contribution in [1.82, 2.24) is 4.90 Å². The van der Waals surface area contributed by atoms with Gasteiger partial charge in [-0.05, 0) is 53.2 Å². The average molecular weight is 430 g/mol. The van der Waals surface area contributed by atoms with E-state index in [0.29, 0.717) is 26.8 Å². The Labute approximate surface area is 176 Å². The molecule has 1 saturated heterocycles. The van der Waals surface area contributed by atoms with Crippen LogP contribution in [0, 0.1) is 0 Å². The van der Waals surface area contributed by atoms with Gasteiger partial charge in [0.15, 0.2) is 0 Å². The molecule has 1 aliphatic heterocycles. The van der Waals surface area contributed by atoms with E-state index in [4.69, 9.17) is 21.4 Å². The number of aromatic carboxylic acids is 1. The SMILES string of the molecule is C=CCN1C(=O)S/C(=C/c2ccc(OCc3cccc(C(=O)O)c3)c(Cl)c2)C1=O. The maximum atomic E-state index is 12.3. The quantitative estimate of drug-likeness (QED) is 0.500. The van der Waals surface area contributed by atoms with Gasteiger partial charge in [0.05, 0.1) is 15.5 Å². The first kappa shape index (κ1) is 20.7. The van der Waals surface area contributed by atoms with Crippen LogP contribution >= 0.6 is 23.4 Å². The van der Waals surface area contributed by atoms with Crippen molar-refractivity contribution in [3.8, 4) is 5.75 Å². The zero-order chi connectivity index (χ0) is 21.0. The minimum absolute atomic E-state index is 0.153. The maximum Gasteiger partial charge on any atom is 0.335 e. The number of hydrogen-bond donors (Lipinski definition) is 1. The summed E-state index contributed by atoms with van der Waals surface area (Å²) in [4.78, 5) is 36.6. The Morgan fingerprint density at radius 3 is 2.72 bits per heavy atom. The van der Waals surface area contributed by atoms with Gasteiger partial charge in [0.1, 0.15) is 12.4 Å². The van der Waals surface area contributed by atoms with E-state index in [1.165, 1.54) is 18.2 Å². The highest BCUT2D eigenvalue weighted by atomic mass is 35.5. The van der Waals surface area contributed by atoms with Crippen molar-refractivity contribution in [2.45, 2.75) is 6.61 Å². The molecule has 0 radical (unpaired) electrons.